The molecule has 17 heavy (non-hydrogen) atoms. The highest BCUT2D eigenvalue weighted by molar-refractivity contribution is 5.76. The van der Waals surface area contributed by atoms with Crippen molar-refractivity contribution in [3.63, 3.8) is 0 Å². The Morgan fingerprint density at radius 1 is 0.882 bits per heavy atom. The van der Waals surface area contributed by atoms with Crippen LogP contribution < -0.4 is 5.73 Å². The normalized spacial score (nSPS) is 11.4. The lowest BCUT2D eigenvalue weighted by Gasteiger charge is -2.23. The molecule has 0 saturated heterocycles. The standard InChI is InChI=1S/C13H30N4/c1-4-16(5-2)11-8-12-17(6-3)10-7-9-13(14)15/h4-12H2,1-3H3,(H3,14,15). The SMILES string of the molecule is CCN(CC)CCCN(CC)CCCC(=N)N. The van der Waals surface area contributed by atoms with E-state index in [4.69, 9.17) is 11.1 Å². The minimum absolute atomic E-state index is 0.309. The number of nitrogens with one attached hydrogen (secondary N) is 1. The molecule has 0 aliphatic rings. The fourth-order valence-electron chi connectivity index (χ4n) is 1.98. The van der Waals surface area contributed by atoms with Crippen molar-refractivity contribution in [3.8, 4) is 0 Å². The molecule has 0 aromatic heterocycles. The average molecular weight is 242 g/mol. The topological polar surface area (TPSA) is 56.4 Å². The van der Waals surface area contributed by atoms with Crippen molar-refractivity contribution < 1.29 is 0 Å². The van der Waals surface area contributed by atoms with Crippen LogP contribution in [0.15, 0.2) is 0 Å². The lowest BCUT2D eigenvalue weighted by atomic mass is 10.2. The first-order chi connectivity index (χ1) is 8.13. The zero-order chi connectivity index (χ0) is 13.1. The molecule has 0 bridgehead atoms. The van der Waals surface area contributed by atoms with Crippen LogP contribution in [0.3, 0.4) is 0 Å². The van der Waals surface area contributed by atoms with E-state index in [1.165, 1.54) is 13.0 Å². The predicted octanol–water partition coefficient (Wildman–Crippen LogP) is 1.76. The fourth-order valence-corrected chi connectivity index (χ4v) is 1.98. The Bertz CT molecular complexity index is 190. The van der Waals surface area contributed by atoms with Gasteiger partial charge in [-0.15, -0.1) is 0 Å². The van der Waals surface area contributed by atoms with Crippen molar-refractivity contribution in [2.75, 3.05) is 39.3 Å². The first-order valence-corrected chi connectivity index (χ1v) is 6.91. The van der Waals surface area contributed by atoms with E-state index in [0.29, 0.717) is 5.84 Å². The largest absolute Gasteiger partial charge is 0.388 e. The van der Waals surface area contributed by atoms with Gasteiger partial charge in [0.05, 0.1) is 5.84 Å². The predicted molar refractivity (Wildman–Crippen MR) is 75.7 cm³/mol. The second-order valence-corrected chi connectivity index (χ2v) is 4.44. The Kier molecular flexibility index (Phi) is 10.2. The third-order valence-corrected chi connectivity index (χ3v) is 3.21. The van der Waals surface area contributed by atoms with Gasteiger partial charge in [0.25, 0.3) is 0 Å². The maximum atomic E-state index is 7.19. The van der Waals surface area contributed by atoms with Gasteiger partial charge in [0.15, 0.2) is 0 Å². The van der Waals surface area contributed by atoms with E-state index in [2.05, 4.69) is 30.6 Å². The van der Waals surface area contributed by atoms with Crippen LogP contribution in [0, 0.1) is 5.41 Å². The highest BCUT2D eigenvalue weighted by Gasteiger charge is 2.04. The molecule has 0 radical (unpaired) electrons. The first kappa shape index (κ1) is 16.4. The molecule has 0 fully saturated rings. The monoisotopic (exact) mass is 242 g/mol. The number of amidine groups is 1. The third-order valence-electron chi connectivity index (χ3n) is 3.21. The third kappa shape index (κ3) is 9.12. The van der Waals surface area contributed by atoms with Gasteiger partial charge in [0.2, 0.25) is 0 Å². The Balaban J connectivity index is 3.63. The summed E-state index contributed by atoms with van der Waals surface area (Å²) in [5.41, 5.74) is 5.35. The summed E-state index contributed by atoms with van der Waals surface area (Å²) in [6.45, 7) is 13.4. The van der Waals surface area contributed by atoms with Gasteiger partial charge in [-0.25, -0.2) is 0 Å². The van der Waals surface area contributed by atoms with E-state index in [1.807, 2.05) is 0 Å². The van der Waals surface area contributed by atoms with Crippen LogP contribution in [-0.2, 0) is 0 Å². The molecule has 0 saturated carbocycles. The van der Waals surface area contributed by atoms with Gasteiger partial charge in [-0.05, 0) is 52.1 Å². The van der Waals surface area contributed by atoms with Crippen LogP contribution in [0.25, 0.3) is 0 Å². The molecule has 4 nitrogen and oxygen atoms in total. The maximum Gasteiger partial charge on any atom is 0.0905 e. The molecule has 0 aromatic carbocycles. The van der Waals surface area contributed by atoms with Crippen molar-refractivity contribution in [1.29, 1.82) is 5.41 Å². The molecule has 0 aliphatic heterocycles. The van der Waals surface area contributed by atoms with Gasteiger partial charge in [0, 0.05) is 6.42 Å². The minimum atomic E-state index is 0.309. The van der Waals surface area contributed by atoms with Crippen LogP contribution in [-0.4, -0.2) is 54.9 Å². The molecule has 4 heteroatoms. The lowest BCUT2D eigenvalue weighted by Crippen LogP contribution is -2.31. The Morgan fingerprint density at radius 3 is 1.82 bits per heavy atom. The zero-order valence-electron chi connectivity index (χ0n) is 11.8. The molecular weight excluding hydrogens is 212 g/mol. The van der Waals surface area contributed by atoms with E-state index in [-0.39, 0.29) is 0 Å². The second kappa shape index (κ2) is 10.5. The van der Waals surface area contributed by atoms with Crippen molar-refractivity contribution >= 4 is 5.84 Å². The van der Waals surface area contributed by atoms with Crippen molar-refractivity contribution in [3.05, 3.63) is 0 Å². The van der Waals surface area contributed by atoms with E-state index >= 15 is 0 Å². The molecule has 0 aliphatic carbocycles. The molecular formula is C13H30N4. The van der Waals surface area contributed by atoms with Gasteiger partial charge < -0.3 is 15.5 Å². The smallest absolute Gasteiger partial charge is 0.0905 e. The summed E-state index contributed by atoms with van der Waals surface area (Å²) < 4.78 is 0. The van der Waals surface area contributed by atoms with Gasteiger partial charge in [-0.1, -0.05) is 20.8 Å². The summed E-state index contributed by atoms with van der Waals surface area (Å²) in [5, 5.41) is 7.19. The number of rotatable bonds is 11. The van der Waals surface area contributed by atoms with Crippen LogP contribution in [0.1, 0.15) is 40.0 Å². The fraction of sp³-hybridized carbons (Fsp3) is 0.923. The van der Waals surface area contributed by atoms with Crippen LogP contribution >= 0.6 is 0 Å². The minimum Gasteiger partial charge on any atom is -0.388 e. The van der Waals surface area contributed by atoms with Crippen LogP contribution in [0.5, 0.6) is 0 Å². The highest BCUT2D eigenvalue weighted by Crippen LogP contribution is 1.98. The van der Waals surface area contributed by atoms with Gasteiger partial charge >= 0.3 is 0 Å². The summed E-state index contributed by atoms with van der Waals surface area (Å²) in [4.78, 5) is 4.91. The Morgan fingerprint density at radius 2 is 1.35 bits per heavy atom. The number of nitrogens with two attached hydrogens (primary N) is 1. The van der Waals surface area contributed by atoms with Crippen LogP contribution in [0.2, 0.25) is 0 Å². The first-order valence-electron chi connectivity index (χ1n) is 6.91. The molecule has 0 heterocycles. The lowest BCUT2D eigenvalue weighted by molar-refractivity contribution is 0.242. The molecule has 102 valence electrons. The summed E-state index contributed by atoms with van der Waals surface area (Å²) >= 11 is 0. The van der Waals surface area contributed by atoms with E-state index in [1.54, 1.807) is 0 Å². The van der Waals surface area contributed by atoms with E-state index < -0.39 is 0 Å². The molecule has 0 rings (SSSR count). The molecule has 0 spiro atoms. The highest BCUT2D eigenvalue weighted by atomic mass is 15.1. The van der Waals surface area contributed by atoms with Crippen molar-refractivity contribution in [2.45, 2.75) is 40.0 Å². The average Bonchev–Trinajstić information content (AvgIpc) is 2.32. The van der Waals surface area contributed by atoms with Crippen LogP contribution in [0.4, 0.5) is 0 Å². The summed E-state index contributed by atoms with van der Waals surface area (Å²) in [6.07, 6.45) is 2.97. The quantitative estimate of drug-likeness (QED) is 0.429. The Labute approximate surface area is 107 Å². The van der Waals surface area contributed by atoms with Gasteiger partial charge in [0.1, 0.15) is 0 Å². The van der Waals surface area contributed by atoms with Crippen molar-refractivity contribution in [1.82, 2.24) is 9.80 Å². The molecule has 0 atom stereocenters. The summed E-state index contributed by atoms with van der Waals surface area (Å²) in [7, 11) is 0. The van der Waals surface area contributed by atoms with Crippen molar-refractivity contribution in [2.24, 2.45) is 5.73 Å². The Hall–Kier alpha value is -0.610. The summed E-state index contributed by atoms with van der Waals surface area (Å²) in [5.74, 6) is 0.309. The summed E-state index contributed by atoms with van der Waals surface area (Å²) in [6, 6.07) is 0. The van der Waals surface area contributed by atoms with E-state index in [9.17, 15) is 0 Å². The number of hydrogen-bond donors (Lipinski definition) is 2. The second-order valence-electron chi connectivity index (χ2n) is 4.44. The molecule has 0 aromatic rings. The molecule has 3 N–H and O–H groups in total. The van der Waals surface area contributed by atoms with Gasteiger partial charge in [-0.2, -0.15) is 0 Å². The molecule has 0 amide bonds. The maximum absolute atomic E-state index is 7.19. The number of nitrogens with zero attached hydrogens (tertiary/aromatic N) is 2. The zero-order valence-corrected chi connectivity index (χ0v) is 11.8. The van der Waals surface area contributed by atoms with E-state index in [0.717, 1.165) is 45.6 Å². The number of hydrogen-bond acceptors (Lipinski definition) is 3. The molecule has 0 unspecified atom stereocenters. The van der Waals surface area contributed by atoms with Gasteiger partial charge in [-0.3, -0.25) is 5.41 Å².